The Kier molecular flexibility index (Phi) is 3.66. The molecule has 0 saturated heterocycles. The van der Waals surface area contributed by atoms with Crippen molar-refractivity contribution in [3.8, 4) is 0 Å². The zero-order valence-electron chi connectivity index (χ0n) is 7.48. The van der Waals surface area contributed by atoms with E-state index >= 15 is 0 Å². The van der Waals surface area contributed by atoms with E-state index in [-0.39, 0.29) is 5.60 Å². The van der Waals surface area contributed by atoms with Gasteiger partial charge < -0.3 is 4.74 Å². The van der Waals surface area contributed by atoms with Crippen molar-refractivity contribution < 1.29 is 4.74 Å². The average Bonchev–Trinajstić information content (AvgIpc) is 1.88. The highest BCUT2D eigenvalue weighted by Crippen LogP contribution is 2.24. The van der Waals surface area contributed by atoms with Gasteiger partial charge in [-0.3, -0.25) is 0 Å². The molecule has 0 fully saturated rings. The Bertz CT molecular complexity index is 107. The first-order valence-electron chi connectivity index (χ1n) is 3.73. The maximum atomic E-state index is 5.37. The number of hydrogen-bond donors (Lipinski definition) is 0. The van der Waals surface area contributed by atoms with Crippen molar-refractivity contribution in [3.05, 3.63) is 12.7 Å². The van der Waals surface area contributed by atoms with Gasteiger partial charge in [0.2, 0.25) is 0 Å². The van der Waals surface area contributed by atoms with Crippen LogP contribution >= 0.6 is 0 Å². The summed E-state index contributed by atoms with van der Waals surface area (Å²) in [5, 5.41) is 0. The van der Waals surface area contributed by atoms with Crippen LogP contribution in [0.2, 0.25) is 0 Å². The van der Waals surface area contributed by atoms with E-state index in [1.54, 1.807) is 7.11 Å². The van der Waals surface area contributed by atoms with Crippen LogP contribution in [0.3, 0.4) is 0 Å². The lowest BCUT2D eigenvalue weighted by Crippen LogP contribution is -2.32. The molecule has 0 aromatic carbocycles. The SMILES string of the molecule is C=CCC(C)(OC)C(C)C. The normalized spacial score (nSPS) is 16.9. The van der Waals surface area contributed by atoms with Gasteiger partial charge in [-0.25, -0.2) is 0 Å². The Morgan fingerprint density at radius 1 is 1.60 bits per heavy atom. The molecule has 0 aromatic rings. The van der Waals surface area contributed by atoms with Crippen LogP contribution < -0.4 is 0 Å². The summed E-state index contributed by atoms with van der Waals surface area (Å²) in [6, 6.07) is 0. The molecule has 1 nitrogen and oxygen atoms in total. The van der Waals surface area contributed by atoms with E-state index in [0.29, 0.717) is 5.92 Å². The fourth-order valence-electron chi connectivity index (χ4n) is 0.841. The van der Waals surface area contributed by atoms with Crippen LogP contribution in [0.4, 0.5) is 0 Å². The van der Waals surface area contributed by atoms with Gasteiger partial charge in [0.1, 0.15) is 0 Å². The van der Waals surface area contributed by atoms with Crippen molar-refractivity contribution in [1.29, 1.82) is 0 Å². The van der Waals surface area contributed by atoms with E-state index in [2.05, 4.69) is 27.4 Å². The van der Waals surface area contributed by atoms with Crippen LogP contribution in [-0.4, -0.2) is 12.7 Å². The van der Waals surface area contributed by atoms with Crippen molar-refractivity contribution >= 4 is 0 Å². The standard InChI is InChI=1S/C9H18O/c1-6-7-9(4,10-5)8(2)3/h6,8H,1,7H2,2-5H3. The van der Waals surface area contributed by atoms with Gasteiger partial charge in [-0.2, -0.15) is 0 Å². The molecule has 10 heavy (non-hydrogen) atoms. The van der Waals surface area contributed by atoms with Gasteiger partial charge in [-0.1, -0.05) is 19.9 Å². The molecule has 0 aliphatic carbocycles. The van der Waals surface area contributed by atoms with Gasteiger partial charge in [0, 0.05) is 7.11 Å². The Morgan fingerprint density at radius 2 is 2.10 bits per heavy atom. The summed E-state index contributed by atoms with van der Waals surface area (Å²) in [6.45, 7) is 10.1. The molecule has 0 saturated carbocycles. The molecule has 1 heteroatoms. The Labute approximate surface area is 64.1 Å². The number of methoxy groups -OCH3 is 1. The predicted molar refractivity (Wildman–Crippen MR) is 45.1 cm³/mol. The Hall–Kier alpha value is -0.300. The van der Waals surface area contributed by atoms with Crippen LogP contribution in [0.15, 0.2) is 12.7 Å². The topological polar surface area (TPSA) is 9.23 Å². The average molecular weight is 142 g/mol. The molecule has 0 rings (SSSR count). The molecule has 0 amide bonds. The predicted octanol–water partition coefficient (Wildman–Crippen LogP) is 2.62. The quantitative estimate of drug-likeness (QED) is 0.548. The van der Waals surface area contributed by atoms with Gasteiger partial charge in [-0.15, -0.1) is 6.58 Å². The zero-order valence-corrected chi connectivity index (χ0v) is 7.48. The highest BCUT2D eigenvalue weighted by Gasteiger charge is 2.25. The smallest absolute Gasteiger partial charge is 0.0707 e. The summed E-state index contributed by atoms with van der Waals surface area (Å²) >= 11 is 0. The molecule has 0 aromatic heterocycles. The molecule has 1 atom stereocenters. The molecule has 0 spiro atoms. The maximum Gasteiger partial charge on any atom is 0.0707 e. The van der Waals surface area contributed by atoms with Gasteiger partial charge in [-0.05, 0) is 19.3 Å². The van der Waals surface area contributed by atoms with Crippen molar-refractivity contribution in [3.63, 3.8) is 0 Å². The Balaban J connectivity index is 4.07. The highest BCUT2D eigenvalue weighted by atomic mass is 16.5. The van der Waals surface area contributed by atoms with Gasteiger partial charge in [0.25, 0.3) is 0 Å². The summed E-state index contributed by atoms with van der Waals surface area (Å²) in [7, 11) is 1.75. The monoisotopic (exact) mass is 142 g/mol. The van der Waals surface area contributed by atoms with Crippen LogP contribution in [-0.2, 0) is 4.74 Å². The van der Waals surface area contributed by atoms with Crippen molar-refractivity contribution in [2.75, 3.05) is 7.11 Å². The zero-order chi connectivity index (χ0) is 8.20. The second kappa shape index (κ2) is 3.77. The van der Waals surface area contributed by atoms with Gasteiger partial charge in [0.05, 0.1) is 5.60 Å². The largest absolute Gasteiger partial charge is 0.378 e. The number of rotatable bonds is 4. The molecule has 0 N–H and O–H groups in total. The van der Waals surface area contributed by atoms with E-state index in [1.807, 2.05) is 6.08 Å². The fraction of sp³-hybridized carbons (Fsp3) is 0.778. The van der Waals surface area contributed by atoms with Gasteiger partial charge in [0.15, 0.2) is 0 Å². The third-order valence-corrected chi connectivity index (χ3v) is 2.24. The number of hydrogen-bond acceptors (Lipinski definition) is 1. The molecule has 0 aliphatic rings. The first kappa shape index (κ1) is 9.70. The summed E-state index contributed by atoms with van der Waals surface area (Å²) < 4.78 is 5.37. The molecular weight excluding hydrogens is 124 g/mol. The third-order valence-electron chi connectivity index (χ3n) is 2.24. The second-order valence-corrected chi connectivity index (χ2v) is 3.16. The molecule has 1 unspecified atom stereocenters. The van der Waals surface area contributed by atoms with E-state index in [1.165, 1.54) is 0 Å². The van der Waals surface area contributed by atoms with E-state index in [9.17, 15) is 0 Å². The van der Waals surface area contributed by atoms with Gasteiger partial charge >= 0.3 is 0 Å². The van der Waals surface area contributed by atoms with Crippen LogP contribution in [0.25, 0.3) is 0 Å². The minimum absolute atomic E-state index is 0.0260. The number of ether oxygens (including phenoxy) is 1. The molecule has 0 radical (unpaired) electrons. The first-order chi connectivity index (χ1) is 4.56. The molecule has 0 bridgehead atoms. The lowest BCUT2D eigenvalue weighted by molar-refractivity contribution is -0.0293. The molecule has 0 aliphatic heterocycles. The van der Waals surface area contributed by atoms with Crippen LogP contribution in [0.1, 0.15) is 27.2 Å². The fourth-order valence-corrected chi connectivity index (χ4v) is 0.841. The summed E-state index contributed by atoms with van der Waals surface area (Å²) in [4.78, 5) is 0. The van der Waals surface area contributed by atoms with Crippen molar-refractivity contribution in [2.45, 2.75) is 32.8 Å². The minimum Gasteiger partial charge on any atom is -0.378 e. The Morgan fingerprint density at radius 3 is 2.20 bits per heavy atom. The first-order valence-corrected chi connectivity index (χ1v) is 3.73. The molecular formula is C9H18O. The molecule has 0 heterocycles. The van der Waals surface area contributed by atoms with E-state index in [0.717, 1.165) is 6.42 Å². The summed E-state index contributed by atoms with van der Waals surface area (Å²) in [6.07, 6.45) is 2.82. The third kappa shape index (κ3) is 2.14. The summed E-state index contributed by atoms with van der Waals surface area (Å²) in [5.74, 6) is 0.537. The van der Waals surface area contributed by atoms with Crippen molar-refractivity contribution in [1.82, 2.24) is 0 Å². The molecule has 60 valence electrons. The minimum atomic E-state index is -0.0260. The van der Waals surface area contributed by atoms with E-state index in [4.69, 9.17) is 4.74 Å². The van der Waals surface area contributed by atoms with Crippen LogP contribution in [0, 0.1) is 5.92 Å². The lowest BCUT2D eigenvalue weighted by atomic mass is 9.89. The van der Waals surface area contributed by atoms with Crippen LogP contribution in [0.5, 0.6) is 0 Å². The highest BCUT2D eigenvalue weighted by molar-refractivity contribution is 4.86. The lowest BCUT2D eigenvalue weighted by Gasteiger charge is -2.31. The second-order valence-electron chi connectivity index (χ2n) is 3.16. The van der Waals surface area contributed by atoms with Crippen molar-refractivity contribution in [2.24, 2.45) is 5.92 Å². The maximum absolute atomic E-state index is 5.37. The summed E-state index contributed by atoms with van der Waals surface area (Å²) in [5.41, 5.74) is -0.0260. The van der Waals surface area contributed by atoms with E-state index < -0.39 is 0 Å².